The topological polar surface area (TPSA) is 50.2 Å². The Bertz CT molecular complexity index is 1930. The summed E-state index contributed by atoms with van der Waals surface area (Å²) in [6.07, 6.45) is -0.0291. The molecule has 8 heteroatoms. The van der Waals surface area contributed by atoms with Gasteiger partial charge in [0.25, 0.3) is 0 Å². The summed E-state index contributed by atoms with van der Waals surface area (Å²) < 4.78 is 39.4. The molecular formula is C42H49F3IrNO2S-. The second kappa shape index (κ2) is 17.4. The van der Waals surface area contributed by atoms with E-state index in [1.54, 1.807) is 0 Å². The first kappa shape index (κ1) is 41.4. The van der Waals surface area contributed by atoms with Crippen LogP contribution in [-0.2, 0) is 36.7 Å². The van der Waals surface area contributed by atoms with Gasteiger partial charge in [-0.1, -0.05) is 103 Å². The Morgan fingerprint density at radius 2 is 1.52 bits per heavy atom. The number of pyridine rings is 1. The van der Waals surface area contributed by atoms with Crippen LogP contribution >= 0.6 is 11.3 Å². The molecule has 1 atom stereocenters. The quantitative estimate of drug-likeness (QED) is 0.0864. The van der Waals surface area contributed by atoms with E-state index in [1.165, 1.54) is 43.6 Å². The van der Waals surface area contributed by atoms with Crippen LogP contribution in [0.15, 0.2) is 72.6 Å². The minimum absolute atomic E-state index is 0. The molecule has 2 heterocycles. The predicted octanol–water partition coefficient (Wildman–Crippen LogP) is 13.0. The van der Waals surface area contributed by atoms with Gasteiger partial charge in [0.15, 0.2) is 5.78 Å². The third-order valence-electron chi connectivity index (χ3n) is 9.03. The zero-order valence-corrected chi connectivity index (χ0v) is 33.5. The van der Waals surface area contributed by atoms with Crippen molar-refractivity contribution < 1.29 is 43.2 Å². The van der Waals surface area contributed by atoms with Crippen LogP contribution in [0.3, 0.4) is 0 Å². The molecule has 0 amide bonds. The maximum atomic E-state index is 12.2. The van der Waals surface area contributed by atoms with Crippen LogP contribution in [-0.4, -0.2) is 22.1 Å². The molecule has 5 aromatic rings. The second-order valence-electron chi connectivity index (χ2n) is 14.3. The molecule has 0 saturated carbocycles. The van der Waals surface area contributed by atoms with Gasteiger partial charge in [-0.2, -0.15) is 13.2 Å². The average Bonchev–Trinajstić information content (AvgIpc) is 3.43. The number of fused-ring (bicyclic) bond motifs is 4. The Hall–Kier alpha value is -3.06. The summed E-state index contributed by atoms with van der Waals surface area (Å²) in [5.41, 5.74) is 4.97. The van der Waals surface area contributed by atoms with Crippen molar-refractivity contribution in [3.05, 3.63) is 89.8 Å². The van der Waals surface area contributed by atoms with E-state index in [9.17, 15) is 23.1 Å². The molecule has 0 aliphatic carbocycles. The second-order valence-corrected chi connectivity index (χ2v) is 15.4. The molecule has 0 bridgehead atoms. The van der Waals surface area contributed by atoms with Crippen LogP contribution in [0.2, 0.25) is 0 Å². The third kappa shape index (κ3) is 10.0. The van der Waals surface area contributed by atoms with Gasteiger partial charge in [0.2, 0.25) is 0 Å². The largest absolute Gasteiger partial charge is 0.512 e. The minimum Gasteiger partial charge on any atom is -0.512 e. The van der Waals surface area contributed by atoms with Crippen molar-refractivity contribution in [3.63, 3.8) is 0 Å². The van der Waals surface area contributed by atoms with Gasteiger partial charge >= 0.3 is 6.18 Å². The molecule has 0 aliphatic rings. The van der Waals surface area contributed by atoms with Gasteiger partial charge < -0.3 is 5.11 Å². The smallest absolute Gasteiger partial charge is 0.389 e. The number of alkyl halides is 3. The number of aliphatic hydroxyl groups excluding tert-OH is 1. The summed E-state index contributed by atoms with van der Waals surface area (Å²) >= 11 is 1.89. The van der Waals surface area contributed by atoms with Gasteiger partial charge in [-0.05, 0) is 54.0 Å². The molecule has 0 spiro atoms. The number of thiophene rings is 1. The number of hydrogen-bond acceptors (Lipinski definition) is 4. The zero-order chi connectivity index (χ0) is 36.1. The fourth-order valence-corrected chi connectivity index (χ4v) is 7.69. The van der Waals surface area contributed by atoms with Crippen LogP contribution in [0.25, 0.3) is 42.2 Å². The van der Waals surface area contributed by atoms with Crippen molar-refractivity contribution >= 4 is 48.1 Å². The van der Waals surface area contributed by atoms with Gasteiger partial charge in [0.1, 0.15) is 0 Å². The normalized spacial score (nSPS) is 13.1. The van der Waals surface area contributed by atoms with Crippen LogP contribution in [0.1, 0.15) is 92.2 Å². The van der Waals surface area contributed by atoms with Gasteiger partial charge in [0.05, 0.1) is 12.2 Å². The zero-order valence-electron chi connectivity index (χ0n) is 30.3. The average molecular weight is 881 g/mol. The van der Waals surface area contributed by atoms with E-state index in [1.807, 2.05) is 31.4 Å². The molecule has 0 fully saturated rings. The number of carbonyl (C=O) groups is 1. The van der Waals surface area contributed by atoms with E-state index < -0.39 is 24.3 Å². The first-order chi connectivity index (χ1) is 23.1. The van der Waals surface area contributed by atoms with Crippen molar-refractivity contribution in [1.82, 2.24) is 4.98 Å². The molecule has 5 rings (SSSR count). The molecule has 2 aromatic heterocycles. The van der Waals surface area contributed by atoms with Crippen LogP contribution in [0.4, 0.5) is 13.2 Å². The van der Waals surface area contributed by atoms with Crippen molar-refractivity contribution in [2.75, 3.05) is 0 Å². The number of benzene rings is 3. The van der Waals surface area contributed by atoms with Gasteiger partial charge in [-0.3, -0.25) is 9.78 Å². The van der Waals surface area contributed by atoms with E-state index in [0.717, 1.165) is 29.1 Å². The van der Waals surface area contributed by atoms with Gasteiger partial charge in [0, 0.05) is 64.7 Å². The van der Waals surface area contributed by atoms with Crippen molar-refractivity contribution in [2.45, 2.75) is 99.1 Å². The monoisotopic (exact) mass is 881 g/mol. The summed E-state index contributed by atoms with van der Waals surface area (Å²) in [5.74, 6) is -1.36. The Labute approximate surface area is 312 Å². The van der Waals surface area contributed by atoms with Gasteiger partial charge in [-0.25, -0.2) is 0 Å². The fourth-order valence-electron chi connectivity index (χ4n) is 6.37. The molecule has 271 valence electrons. The van der Waals surface area contributed by atoms with Crippen LogP contribution < -0.4 is 0 Å². The SMILES string of the molecule is CC(C)Cc1cccc2c1sc1c(-c3[c-]c4ccccc4c(C(C)(C)C)c3)nccc12.CCC(CC(F)(F)F)C(=O)/C=C(\O)C(CC)CC.[Ir]. The van der Waals surface area contributed by atoms with E-state index in [0.29, 0.717) is 18.8 Å². The molecule has 1 unspecified atom stereocenters. The number of carbonyl (C=O) groups excluding carboxylic acids is 1. The molecule has 0 saturated heterocycles. The van der Waals surface area contributed by atoms with E-state index >= 15 is 0 Å². The molecule has 3 aromatic carbocycles. The summed E-state index contributed by atoms with van der Waals surface area (Å²) in [6, 6.07) is 23.5. The first-order valence-corrected chi connectivity index (χ1v) is 18.2. The molecular weight excluding hydrogens is 832 g/mol. The Kier molecular flexibility index (Phi) is 14.4. The molecule has 3 nitrogen and oxygen atoms in total. The molecule has 0 aliphatic heterocycles. The van der Waals surface area contributed by atoms with Crippen molar-refractivity contribution in [3.8, 4) is 11.3 Å². The van der Waals surface area contributed by atoms with Crippen LogP contribution in [0.5, 0.6) is 0 Å². The van der Waals surface area contributed by atoms with Crippen molar-refractivity contribution in [1.29, 1.82) is 0 Å². The number of nitrogens with zero attached hydrogens (tertiary/aromatic N) is 1. The summed E-state index contributed by atoms with van der Waals surface area (Å²) in [7, 11) is 0. The summed E-state index contributed by atoms with van der Waals surface area (Å²) in [5, 5.41) is 14.8. The summed E-state index contributed by atoms with van der Waals surface area (Å²) in [6.45, 7) is 16.7. The number of rotatable bonds is 10. The number of aromatic nitrogens is 1. The maximum absolute atomic E-state index is 12.2. The molecule has 50 heavy (non-hydrogen) atoms. The Morgan fingerprint density at radius 3 is 2.12 bits per heavy atom. The maximum Gasteiger partial charge on any atom is 0.389 e. The number of ketones is 1. The number of halogens is 3. The van der Waals surface area contributed by atoms with E-state index in [2.05, 4.69) is 95.3 Å². The predicted molar refractivity (Wildman–Crippen MR) is 200 cm³/mol. The number of hydrogen-bond donors (Lipinski definition) is 1. The standard InChI is InChI=1S/C29H28NS.C13H21F3O2.Ir/c1-18(2)15-20-10-8-12-23-24-13-14-30-26(28(24)31-27(20)23)21-16-19-9-6-7-11-22(19)25(17-21)29(3,4)5;1-4-9(5-2)11(17)7-12(18)10(6-3)8-13(14,15)16;/h6-14,17-18H,15H2,1-5H3;7,9-10,17H,4-6,8H2,1-3H3;/q-1;;/b;11-7-;. The fraction of sp³-hybridized carbons (Fsp3) is 0.429. The van der Waals surface area contributed by atoms with E-state index in [-0.39, 0.29) is 43.6 Å². The first-order valence-electron chi connectivity index (χ1n) is 17.3. The van der Waals surface area contributed by atoms with E-state index in [4.69, 9.17) is 4.98 Å². The van der Waals surface area contributed by atoms with Gasteiger partial charge in [-0.15, -0.1) is 40.5 Å². The number of allylic oxidation sites excluding steroid dienone is 2. The molecule has 1 N–H and O–H groups in total. The molecule has 1 radical (unpaired) electrons. The Morgan fingerprint density at radius 1 is 0.900 bits per heavy atom. The third-order valence-corrected chi connectivity index (χ3v) is 10.3. The number of aliphatic hydroxyl groups is 1. The van der Waals surface area contributed by atoms with Crippen LogP contribution in [0, 0.1) is 23.8 Å². The minimum atomic E-state index is -4.35. The Balaban J connectivity index is 0.000000309. The van der Waals surface area contributed by atoms with Crippen molar-refractivity contribution in [2.24, 2.45) is 17.8 Å². The summed E-state index contributed by atoms with van der Waals surface area (Å²) in [4.78, 5) is 16.5.